The van der Waals surface area contributed by atoms with Gasteiger partial charge in [0.2, 0.25) is 6.29 Å². The third-order valence-electron chi connectivity index (χ3n) is 6.09. The second-order valence-electron chi connectivity index (χ2n) is 8.29. The van der Waals surface area contributed by atoms with Crippen molar-refractivity contribution in [3.05, 3.63) is 78.2 Å². The maximum Gasteiger partial charge on any atom is 0.288 e. The molecule has 0 saturated carbocycles. The highest BCUT2D eigenvalue weighted by Gasteiger charge is 2.57. The van der Waals surface area contributed by atoms with Crippen molar-refractivity contribution in [2.75, 3.05) is 6.61 Å². The molecule has 0 aliphatic carbocycles. The van der Waals surface area contributed by atoms with Crippen LogP contribution in [0.2, 0.25) is 0 Å². The van der Waals surface area contributed by atoms with Crippen molar-refractivity contribution in [3.63, 3.8) is 0 Å². The number of aromatic amines is 1. The molecule has 5 rings (SSSR count). The minimum absolute atomic E-state index is 0.181. The van der Waals surface area contributed by atoms with E-state index in [9.17, 15) is 25.5 Å². The van der Waals surface area contributed by atoms with Crippen LogP contribution in [-0.4, -0.2) is 77.3 Å². The van der Waals surface area contributed by atoms with E-state index in [2.05, 4.69) is 10.1 Å². The Kier molecular flexibility index (Phi) is 5.86. The molecule has 10 heteroatoms. The van der Waals surface area contributed by atoms with Gasteiger partial charge in [0.1, 0.15) is 18.0 Å². The molecule has 4 aromatic rings. The van der Waals surface area contributed by atoms with Crippen LogP contribution in [0.25, 0.3) is 16.6 Å². The summed E-state index contributed by atoms with van der Waals surface area (Å²) in [6.07, 6.45) is -0.937. The van der Waals surface area contributed by atoms with Crippen LogP contribution in [0.4, 0.5) is 0 Å². The zero-order valence-electron chi connectivity index (χ0n) is 18.0. The van der Waals surface area contributed by atoms with Crippen molar-refractivity contribution in [3.8, 4) is 11.4 Å². The van der Waals surface area contributed by atoms with Crippen LogP contribution in [-0.2, 0) is 11.2 Å². The molecule has 0 amide bonds. The first kappa shape index (κ1) is 22.5. The van der Waals surface area contributed by atoms with Crippen LogP contribution in [0, 0.1) is 0 Å². The number of nitrogens with zero attached hydrogens (tertiary/aromatic N) is 2. The molecule has 1 aliphatic rings. The largest absolute Gasteiger partial charge is 0.454 e. The van der Waals surface area contributed by atoms with Gasteiger partial charge in [-0.25, -0.2) is 4.68 Å². The zero-order valence-corrected chi connectivity index (χ0v) is 18.0. The monoisotopic (exact) mass is 467 g/mol. The van der Waals surface area contributed by atoms with Gasteiger partial charge in [-0.2, -0.15) is 5.10 Å². The Hall–Kier alpha value is -3.25. The molecule has 0 spiro atoms. The lowest BCUT2D eigenvalue weighted by Crippen LogP contribution is -2.69. The number of H-pyrrole nitrogens is 1. The normalized spacial score (nSPS) is 27.2. The fourth-order valence-electron chi connectivity index (χ4n) is 4.23. The van der Waals surface area contributed by atoms with Crippen LogP contribution >= 0.6 is 0 Å². The van der Waals surface area contributed by atoms with E-state index in [1.54, 1.807) is 23.0 Å². The van der Waals surface area contributed by atoms with Crippen molar-refractivity contribution in [2.45, 2.75) is 36.8 Å². The highest BCUT2D eigenvalue weighted by atomic mass is 16.7. The molecule has 0 unspecified atom stereocenters. The van der Waals surface area contributed by atoms with Crippen LogP contribution in [0.3, 0.4) is 0 Å². The molecule has 2 aromatic carbocycles. The van der Waals surface area contributed by atoms with E-state index < -0.39 is 37.0 Å². The maximum absolute atomic E-state index is 10.9. The number of hydrogen-bond acceptors (Lipinski definition) is 8. The summed E-state index contributed by atoms with van der Waals surface area (Å²) in [4.78, 5) is 3.17. The van der Waals surface area contributed by atoms with Gasteiger partial charge >= 0.3 is 0 Å². The standard InChI is InChI=1S/C24H25N3O7/c28-13-19-21(29)22(30)24(32,23(31)33-19)34-18-4-1-3-17-20(18)15(12-25-17)11-14-5-7-16(8-6-14)27-10-2-9-26-27/h1-10,12,19,21-23,25,28-32H,11,13H2/t19-,21-,22+,23+,24+/m1/s1. The Balaban J connectivity index is 1.44. The Bertz CT molecular complexity index is 1260. The molecule has 5 atom stereocenters. The lowest BCUT2D eigenvalue weighted by molar-refractivity contribution is -0.385. The topological polar surface area (TPSA) is 153 Å². The first-order valence-corrected chi connectivity index (χ1v) is 10.8. The van der Waals surface area contributed by atoms with E-state index in [1.165, 1.54) is 0 Å². The van der Waals surface area contributed by atoms with Gasteiger partial charge in [-0.15, -0.1) is 0 Å². The Morgan fingerprint density at radius 1 is 1.09 bits per heavy atom. The number of hydrogen-bond donors (Lipinski definition) is 6. The number of aliphatic hydroxyl groups is 5. The SMILES string of the molecule is OC[C@H]1O[C@H](O)[C@@](O)(Oc2cccc3[nH]cc(Cc4ccc(-n5cccn5)cc4)c23)[C@@H](O)[C@@H]1O. The molecule has 10 nitrogen and oxygen atoms in total. The summed E-state index contributed by atoms with van der Waals surface area (Å²) >= 11 is 0. The Morgan fingerprint density at radius 2 is 1.88 bits per heavy atom. The third-order valence-corrected chi connectivity index (χ3v) is 6.09. The smallest absolute Gasteiger partial charge is 0.288 e. The van der Waals surface area contributed by atoms with Gasteiger partial charge in [-0.05, 0) is 47.9 Å². The summed E-state index contributed by atoms with van der Waals surface area (Å²) < 4.78 is 12.5. The molecule has 6 N–H and O–H groups in total. The summed E-state index contributed by atoms with van der Waals surface area (Å²) in [7, 11) is 0. The number of aromatic nitrogens is 3. The molecule has 178 valence electrons. The van der Waals surface area contributed by atoms with Gasteiger partial charge in [-0.3, -0.25) is 0 Å². The van der Waals surface area contributed by atoms with Crippen molar-refractivity contribution < 1.29 is 35.0 Å². The summed E-state index contributed by atoms with van der Waals surface area (Å²) in [5, 5.41) is 56.1. The van der Waals surface area contributed by atoms with Gasteiger partial charge in [0.05, 0.1) is 12.3 Å². The highest BCUT2D eigenvalue weighted by molar-refractivity contribution is 5.89. The van der Waals surface area contributed by atoms with Gasteiger partial charge in [0.15, 0.2) is 6.10 Å². The number of fused-ring (bicyclic) bond motifs is 1. The minimum Gasteiger partial charge on any atom is -0.454 e. The minimum atomic E-state index is -2.65. The lowest BCUT2D eigenvalue weighted by atomic mass is 9.95. The Labute approximate surface area is 194 Å². The zero-order chi connectivity index (χ0) is 23.9. The van der Waals surface area contributed by atoms with Crippen molar-refractivity contribution in [2.24, 2.45) is 0 Å². The molecule has 1 fully saturated rings. The van der Waals surface area contributed by atoms with Crippen molar-refractivity contribution >= 4 is 10.9 Å². The number of nitrogens with one attached hydrogen (secondary N) is 1. The number of benzene rings is 2. The van der Waals surface area contributed by atoms with Gasteiger partial charge < -0.3 is 40.0 Å². The first-order valence-electron chi connectivity index (χ1n) is 10.8. The fraction of sp³-hybridized carbons (Fsp3) is 0.292. The van der Waals surface area contributed by atoms with E-state index >= 15 is 0 Å². The molecular weight excluding hydrogens is 442 g/mol. The fourth-order valence-corrected chi connectivity index (χ4v) is 4.23. The lowest BCUT2D eigenvalue weighted by Gasteiger charge is -2.45. The van der Waals surface area contributed by atoms with Crippen LogP contribution in [0.1, 0.15) is 11.1 Å². The molecule has 0 bridgehead atoms. The summed E-state index contributed by atoms with van der Waals surface area (Å²) in [6.45, 7) is -0.651. The molecular formula is C24H25N3O7. The van der Waals surface area contributed by atoms with E-state index in [1.807, 2.05) is 48.8 Å². The van der Waals surface area contributed by atoms with Gasteiger partial charge in [0, 0.05) is 29.5 Å². The first-order chi connectivity index (χ1) is 16.4. The van der Waals surface area contributed by atoms with Crippen LogP contribution < -0.4 is 4.74 Å². The van der Waals surface area contributed by atoms with E-state index in [-0.39, 0.29) is 5.75 Å². The quantitative estimate of drug-likeness (QED) is 0.224. The molecule has 2 aromatic heterocycles. The summed E-state index contributed by atoms with van der Waals surface area (Å²) in [5.41, 5.74) is 3.53. The van der Waals surface area contributed by atoms with E-state index in [0.717, 1.165) is 22.3 Å². The third kappa shape index (κ3) is 3.86. The van der Waals surface area contributed by atoms with Crippen molar-refractivity contribution in [1.82, 2.24) is 14.8 Å². The highest BCUT2D eigenvalue weighted by Crippen LogP contribution is 2.36. The average molecular weight is 467 g/mol. The number of aliphatic hydroxyl groups excluding tert-OH is 4. The maximum atomic E-state index is 10.9. The van der Waals surface area contributed by atoms with E-state index in [0.29, 0.717) is 11.8 Å². The second kappa shape index (κ2) is 8.84. The summed E-state index contributed by atoms with van der Waals surface area (Å²) in [5.74, 6) is -2.47. The Morgan fingerprint density at radius 3 is 2.59 bits per heavy atom. The predicted octanol–water partition coefficient (Wildman–Crippen LogP) is 0.443. The summed E-state index contributed by atoms with van der Waals surface area (Å²) in [6, 6.07) is 14.9. The number of ether oxygens (including phenoxy) is 2. The van der Waals surface area contributed by atoms with Gasteiger partial charge in [0.25, 0.3) is 5.79 Å². The molecule has 34 heavy (non-hydrogen) atoms. The van der Waals surface area contributed by atoms with Crippen LogP contribution in [0.15, 0.2) is 67.1 Å². The van der Waals surface area contributed by atoms with Gasteiger partial charge in [-0.1, -0.05) is 18.2 Å². The van der Waals surface area contributed by atoms with E-state index in [4.69, 9.17) is 9.47 Å². The molecule has 0 radical (unpaired) electrons. The molecule has 1 saturated heterocycles. The number of rotatable bonds is 6. The van der Waals surface area contributed by atoms with Crippen molar-refractivity contribution in [1.29, 1.82) is 0 Å². The second-order valence-corrected chi connectivity index (χ2v) is 8.29. The molecule has 1 aliphatic heterocycles. The average Bonchev–Trinajstić information content (AvgIpc) is 3.52. The molecule has 3 heterocycles. The van der Waals surface area contributed by atoms with Crippen LogP contribution in [0.5, 0.6) is 5.75 Å². The predicted molar refractivity (Wildman–Crippen MR) is 120 cm³/mol.